The van der Waals surface area contributed by atoms with E-state index in [2.05, 4.69) is 18.9 Å². The summed E-state index contributed by atoms with van der Waals surface area (Å²) in [5.41, 5.74) is 0. The molecule has 0 spiro atoms. The number of carbonyl (C=O) groups is 1. The first kappa shape index (κ1) is 9.72. The molecule has 1 atom stereocenters. The van der Waals surface area contributed by atoms with Gasteiger partial charge in [0.05, 0.1) is 0 Å². The third kappa shape index (κ3) is 3.35. The van der Waals surface area contributed by atoms with E-state index in [1.807, 2.05) is 0 Å². The largest absolute Gasteiger partial charge is 0.306 e. The van der Waals surface area contributed by atoms with Gasteiger partial charge in [0.1, 0.15) is 5.78 Å². The third-order valence-electron chi connectivity index (χ3n) is 2.53. The lowest BCUT2D eigenvalue weighted by Gasteiger charge is -2.18. The van der Waals surface area contributed by atoms with Crippen LogP contribution in [0.25, 0.3) is 0 Å². The van der Waals surface area contributed by atoms with E-state index >= 15 is 0 Å². The number of ketones is 1. The first-order valence-corrected chi connectivity index (χ1v) is 4.88. The quantitative estimate of drug-likeness (QED) is 0.550. The van der Waals surface area contributed by atoms with E-state index in [0.717, 1.165) is 38.8 Å². The van der Waals surface area contributed by atoms with Crippen LogP contribution in [0.2, 0.25) is 0 Å². The van der Waals surface area contributed by atoms with Crippen molar-refractivity contribution in [3.8, 4) is 0 Å². The molecule has 2 heteroatoms. The fraction of sp³-hybridized carbons (Fsp3) is 0.900. The third-order valence-corrected chi connectivity index (χ3v) is 2.53. The summed E-state index contributed by atoms with van der Waals surface area (Å²) in [7, 11) is 2.15. The van der Waals surface area contributed by atoms with Crippen molar-refractivity contribution in [1.82, 2.24) is 4.90 Å². The highest BCUT2D eigenvalue weighted by Gasteiger charge is 2.12. The summed E-state index contributed by atoms with van der Waals surface area (Å²) in [6, 6.07) is 0. The van der Waals surface area contributed by atoms with Gasteiger partial charge in [-0.1, -0.05) is 6.92 Å². The van der Waals surface area contributed by atoms with Crippen LogP contribution in [0, 0.1) is 5.92 Å². The predicted molar refractivity (Wildman–Crippen MR) is 50.1 cm³/mol. The summed E-state index contributed by atoms with van der Waals surface area (Å²) >= 11 is 0. The van der Waals surface area contributed by atoms with E-state index in [4.69, 9.17) is 0 Å². The molecule has 1 rings (SSSR count). The lowest BCUT2D eigenvalue weighted by molar-refractivity contribution is -0.119. The predicted octanol–water partition coefficient (Wildman–Crippen LogP) is 1.70. The summed E-state index contributed by atoms with van der Waals surface area (Å²) in [6.07, 6.45) is 3.71. The number of hydrogen-bond acceptors (Lipinski definition) is 2. The van der Waals surface area contributed by atoms with Crippen molar-refractivity contribution >= 4 is 5.78 Å². The second-order valence-corrected chi connectivity index (χ2v) is 4.05. The SMILES string of the molecule is CC1CCC(=O)CCCN(C)C1. The molecule has 0 radical (unpaired) electrons. The molecule has 1 heterocycles. The van der Waals surface area contributed by atoms with Gasteiger partial charge in [-0.25, -0.2) is 0 Å². The van der Waals surface area contributed by atoms with Crippen LogP contribution in [0.4, 0.5) is 0 Å². The van der Waals surface area contributed by atoms with Gasteiger partial charge in [0, 0.05) is 19.4 Å². The van der Waals surface area contributed by atoms with Crippen LogP contribution in [-0.2, 0) is 4.79 Å². The molecule has 0 amide bonds. The Kier molecular flexibility index (Phi) is 3.73. The van der Waals surface area contributed by atoms with E-state index < -0.39 is 0 Å². The Morgan fingerprint density at radius 3 is 2.92 bits per heavy atom. The molecular weight excluding hydrogens is 150 g/mol. The molecule has 1 aliphatic rings. The zero-order valence-corrected chi connectivity index (χ0v) is 8.18. The van der Waals surface area contributed by atoms with Gasteiger partial charge >= 0.3 is 0 Å². The van der Waals surface area contributed by atoms with Gasteiger partial charge in [-0.05, 0) is 32.4 Å². The molecule has 0 aliphatic carbocycles. The molecule has 70 valence electrons. The molecule has 0 bridgehead atoms. The van der Waals surface area contributed by atoms with Crippen LogP contribution in [0.5, 0.6) is 0 Å². The number of carbonyl (C=O) groups excluding carboxylic acids is 1. The molecule has 12 heavy (non-hydrogen) atoms. The lowest BCUT2D eigenvalue weighted by atomic mass is 10.0. The Labute approximate surface area is 74.9 Å². The van der Waals surface area contributed by atoms with Crippen molar-refractivity contribution < 1.29 is 4.79 Å². The molecule has 0 aromatic rings. The first-order valence-electron chi connectivity index (χ1n) is 4.88. The molecule has 1 saturated heterocycles. The first-order chi connectivity index (χ1) is 5.68. The molecule has 1 unspecified atom stereocenters. The van der Waals surface area contributed by atoms with E-state index in [9.17, 15) is 4.79 Å². The van der Waals surface area contributed by atoms with Crippen molar-refractivity contribution in [3.05, 3.63) is 0 Å². The number of nitrogens with zero attached hydrogens (tertiary/aromatic N) is 1. The van der Waals surface area contributed by atoms with E-state index in [1.165, 1.54) is 0 Å². The Morgan fingerprint density at radius 2 is 2.17 bits per heavy atom. The average Bonchev–Trinajstić information content (AvgIpc) is 2.05. The monoisotopic (exact) mass is 169 g/mol. The highest BCUT2D eigenvalue weighted by atomic mass is 16.1. The second-order valence-electron chi connectivity index (χ2n) is 4.05. The molecule has 0 saturated carbocycles. The van der Waals surface area contributed by atoms with E-state index in [0.29, 0.717) is 11.7 Å². The second kappa shape index (κ2) is 4.61. The summed E-state index contributed by atoms with van der Waals surface area (Å²) in [5, 5.41) is 0. The van der Waals surface area contributed by atoms with Gasteiger partial charge in [-0.2, -0.15) is 0 Å². The van der Waals surface area contributed by atoms with Gasteiger partial charge in [0.2, 0.25) is 0 Å². The summed E-state index contributed by atoms with van der Waals surface area (Å²) in [5.74, 6) is 1.13. The minimum absolute atomic E-state index is 0.456. The summed E-state index contributed by atoms with van der Waals surface area (Å²) in [6.45, 7) is 4.46. The Balaban J connectivity index is 2.41. The molecule has 1 aliphatic heterocycles. The Bertz CT molecular complexity index is 156. The molecule has 0 N–H and O–H groups in total. The molecule has 0 aromatic heterocycles. The molecule has 2 nitrogen and oxygen atoms in total. The van der Waals surface area contributed by atoms with Gasteiger partial charge in [0.25, 0.3) is 0 Å². The Morgan fingerprint density at radius 1 is 1.42 bits per heavy atom. The lowest BCUT2D eigenvalue weighted by Crippen LogP contribution is -2.24. The van der Waals surface area contributed by atoms with E-state index in [-0.39, 0.29) is 0 Å². The van der Waals surface area contributed by atoms with Crippen LogP contribution >= 0.6 is 0 Å². The van der Waals surface area contributed by atoms with Crippen molar-refractivity contribution in [3.63, 3.8) is 0 Å². The molecule has 1 fully saturated rings. The minimum atomic E-state index is 0.456. The Hall–Kier alpha value is -0.370. The standard InChI is InChI=1S/C10H19NO/c1-9-5-6-10(12)4-3-7-11(2)8-9/h9H,3-8H2,1-2H3. The number of rotatable bonds is 0. The van der Waals surface area contributed by atoms with Crippen LogP contribution in [0.15, 0.2) is 0 Å². The van der Waals surface area contributed by atoms with Crippen LogP contribution in [0.3, 0.4) is 0 Å². The molecular formula is C10H19NO. The highest BCUT2D eigenvalue weighted by Crippen LogP contribution is 2.12. The smallest absolute Gasteiger partial charge is 0.132 e. The fourth-order valence-electron chi connectivity index (χ4n) is 1.79. The van der Waals surface area contributed by atoms with Crippen LogP contribution in [-0.4, -0.2) is 30.8 Å². The number of Topliss-reactive ketones (excluding diaryl/α,β-unsaturated/α-hetero) is 1. The zero-order valence-electron chi connectivity index (χ0n) is 8.18. The zero-order chi connectivity index (χ0) is 8.97. The maximum absolute atomic E-state index is 11.2. The van der Waals surface area contributed by atoms with Crippen molar-refractivity contribution in [2.75, 3.05) is 20.1 Å². The topological polar surface area (TPSA) is 20.3 Å². The fourth-order valence-corrected chi connectivity index (χ4v) is 1.79. The normalized spacial score (nSPS) is 29.2. The van der Waals surface area contributed by atoms with Gasteiger partial charge in [0.15, 0.2) is 0 Å². The highest BCUT2D eigenvalue weighted by molar-refractivity contribution is 5.78. The minimum Gasteiger partial charge on any atom is -0.306 e. The van der Waals surface area contributed by atoms with Crippen LogP contribution in [0.1, 0.15) is 32.6 Å². The van der Waals surface area contributed by atoms with Gasteiger partial charge in [-0.3, -0.25) is 4.79 Å². The van der Waals surface area contributed by atoms with Gasteiger partial charge < -0.3 is 4.90 Å². The van der Waals surface area contributed by atoms with Crippen molar-refractivity contribution in [1.29, 1.82) is 0 Å². The summed E-state index contributed by atoms with van der Waals surface area (Å²) in [4.78, 5) is 13.6. The van der Waals surface area contributed by atoms with Crippen molar-refractivity contribution in [2.45, 2.75) is 32.6 Å². The van der Waals surface area contributed by atoms with E-state index in [1.54, 1.807) is 0 Å². The maximum Gasteiger partial charge on any atom is 0.132 e. The number of hydrogen-bond donors (Lipinski definition) is 0. The average molecular weight is 169 g/mol. The van der Waals surface area contributed by atoms with Crippen molar-refractivity contribution in [2.24, 2.45) is 5.92 Å². The molecule has 0 aromatic carbocycles. The van der Waals surface area contributed by atoms with Gasteiger partial charge in [-0.15, -0.1) is 0 Å². The van der Waals surface area contributed by atoms with Crippen LogP contribution < -0.4 is 0 Å². The summed E-state index contributed by atoms with van der Waals surface area (Å²) < 4.78 is 0. The maximum atomic E-state index is 11.2.